The highest BCUT2D eigenvalue weighted by Crippen LogP contribution is 2.44. The van der Waals surface area contributed by atoms with Gasteiger partial charge in [-0.2, -0.15) is 0 Å². The summed E-state index contributed by atoms with van der Waals surface area (Å²) in [6, 6.07) is 1.99. The summed E-state index contributed by atoms with van der Waals surface area (Å²) >= 11 is 3.32. The van der Waals surface area contributed by atoms with Crippen molar-refractivity contribution in [2.75, 3.05) is 25.5 Å². The Labute approximate surface area is 153 Å². The minimum atomic E-state index is 0.0323. The van der Waals surface area contributed by atoms with Gasteiger partial charge in [-0.25, -0.2) is 4.98 Å². The molecule has 0 fully saturated rings. The molecule has 0 saturated heterocycles. The van der Waals surface area contributed by atoms with Gasteiger partial charge in [0.25, 0.3) is 0 Å². The van der Waals surface area contributed by atoms with E-state index in [1.807, 2.05) is 13.1 Å². The molecule has 0 aromatic carbocycles. The number of aromatic nitrogens is 2. The van der Waals surface area contributed by atoms with Crippen LogP contribution in [0.25, 0.3) is 20.8 Å². The maximum Gasteiger partial charge on any atom is 0.226 e. The Morgan fingerprint density at radius 3 is 3.16 bits per heavy atom. The number of thiophene rings is 1. The van der Waals surface area contributed by atoms with E-state index in [0.717, 1.165) is 45.3 Å². The maximum atomic E-state index is 12.3. The van der Waals surface area contributed by atoms with Crippen LogP contribution in [0.4, 0.5) is 5.00 Å². The normalized spacial score (nSPS) is 13.8. The summed E-state index contributed by atoms with van der Waals surface area (Å²) in [5.41, 5.74) is 3.32. The number of amides is 1. The van der Waals surface area contributed by atoms with Crippen LogP contribution in [0.15, 0.2) is 18.5 Å². The molecule has 4 rings (SSSR count). The SMILES string of the molecule is CNCCC(=O)Nc1sc2c(c1-c1nc3cnccc3s1)CCNC2. The first-order chi connectivity index (χ1) is 12.3. The van der Waals surface area contributed by atoms with Crippen molar-refractivity contribution in [2.24, 2.45) is 0 Å². The van der Waals surface area contributed by atoms with Crippen molar-refractivity contribution in [3.05, 3.63) is 28.9 Å². The Hall–Kier alpha value is -1.87. The third-order valence-corrected chi connectivity index (χ3v) is 6.39. The number of hydrogen-bond acceptors (Lipinski definition) is 7. The molecule has 4 heterocycles. The second-order valence-corrected chi connectivity index (χ2v) is 8.03. The number of fused-ring (bicyclic) bond motifs is 2. The van der Waals surface area contributed by atoms with Crippen LogP contribution in [0.2, 0.25) is 0 Å². The monoisotopic (exact) mass is 373 g/mol. The van der Waals surface area contributed by atoms with Gasteiger partial charge in [-0.05, 0) is 31.6 Å². The van der Waals surface area contributed by atoms with E-state index in [1.165, 1.54) is 10.4 Å². The van der Waals surface area contributed by atoms with Gasteiger partial charge in [0.1, 0.15) is 15.5 Å². The van der Waals surface area contributed by atoms with Gasteiger partial charge in [0, 0.05) is 36.1 Å². The number of thiazole rings is 1. The molecular formula is C17H19N5OS2. The molecule has 3 aromatic heterocycles. The first-order valence-electron chi connectivity index (χ1n) is 8.27. The Bertz CT molecular complexity index is 884. The van der Waals surface area contributed by atoms with E-state index in [1.54, 1.807) is 35.1 Å². The molecule has 25 heavy (non-hydrogen) atoms. The van der Waals surface area contributed by atoms with Gasteiger partial charge in [0.2, 0.25) is 5.91 Å². The Morgan fingerprint density at radius 2 is 2.32 bits per heavy atom. The summed E-state index contributed by atoms with van der Waals surface area (Å²) in [6.45, 7) is 2.47. The van der Waals surface area contributed by atoms with Gasteiger partial charge in [-0.3, -0.25) is 9.78 Å². The topological polar surface area (TPSA) is 78.9 Å². The zero-order chi connectivity index (χ0) is 17.2. The average molecular weight is 374 g/mol. The van der Waals surface area contributed by atoms with Gasteiger partial charge < -0.3 is 16.0 Å². The summed E-state index contributed by atoms with van der Waals surface area (Å²) < 4.78 is 1.12. The van der Waals surface area contributed by atoms with Crippen LogP contribution < -0.4 is 16.0 Å². The predicted molar refractivity (Wildman–Crippen MR) is 103 cm³/mol. The zero-order valence-electron chi connectivity index (χ0n) is 13.9. The Balaban J connectivity index is 1.76. The van der Waals surface area contributed by atoms with Crippen molar-refractivity contribution in [2.45, 2.75) is 19.4 Å². The van der Waals surface area contributed by atoms with Crippen LogP contribution in [-0.2, 0) is 17.8 Å². The molecule has 8 heteroatoms. The number of hydrogen-bond donors (Lipinski definition) is 3. The van der Waals surface area contributed by atoms with Crippen LogP contribution in [0.1, 0.15) is 16.9 Å². The molecule has 0 bridgehead atoms. The number of rotatable bonds is 5. The van der Waals surface area contributed by atoms with Crippen molar-refractivity contribution in [3.8, 4) is 10.6 Å². The molecule has 0 unspecified atom stereocenters. The van der Waals surface area contributed by atoms with E-state index >= 15 is 0 Å². The highest BCUT2D eigenvalue weighted by molar-refractivity contribution is 7.22. The summed E-state index contributed by atoms with van der Waals surface area (Å²) in [4.78, 5) is 22.5. The fourth-order valence-corrected chi connectivity index (χ4v) is 5.27. The van der Waals surface area contributed by atoms with E-state index in [2.05, 4.69) is 20.9 Å². The highest BCUT2D eigenvalue weighted by atomic mass is 32.1. The zero-order valence-corrected chi connectivity index (χ0v) is 15.5. The van der Waals surface area contributed by atoms with Crippen molar-refractivity contribution < 1.29 is 4.79 Å². The molecule has 1 aliphatic rings. The minimum Gasteiger partial charge on any atom is -0.319 e. The number of carbonyl (C=O) groups is 1. The largest absolute Gasteiger partial charge is 0.319 e. The van der Waals surface area contributed by atoms with E-state index in [4.69, 9.17) is 4.98 Å². The van der Waals surface area contributed by atoms with Crippen LogP contribution >= 0.6 is 22.7 Å². The number of carbonyl (C=O) groups excluding carboxylic acids is 1. The smallest absolute Gasteiger partial charge is 0.226 e. The van der Waals surface area contributed by atoms with Crippen LogP contribution in [0.3, 0.4) is 0 Å². The molecule has 0 radical (unpaired) electrons. The quantitative estimate of drug-likeness (QED) is 0.641. The van der Waals surface area contributed by atoms with E-state index in [0.29, 0.717) is 13.0 Å². The summed E-state index contributed by atoms with van der Waals surface area (Å²) in [5.74, 6) is 0.0323. The van der Waals surface area contributed by atoms with E-state index < -0.39 is 0 Å². The lowest BCUT2D eigenvalue weighted by Gasteiger charge is -2.13. The third-order valence-electron chi connectivity index (χ3n) is 4.19. The molecule has 6 nitrogen and oxygen atoms in total. The maximum absolute atomic E-state index is 12.3. The first kappa shape index (κ1) is 16.6. The standard InChI is InChI=1S/C17H19N5OS2/c1-18-5-4-14(23)22-17-15(10-2-6-20-9-13(10)25-17)16-21-11-8-19-7-3-12(11)24-16/h3,7-8,18,20H,2,4-6,9H2,1H3,(H,22,23). The van der Waals surface area contributed by atoms with Crippen LogP contribution in [0, 0.1) is 0 Å². The molecule has 1 amide bonds. The molecule has 1 aliphatic heterocycles. The number of anilines is 1. The predicted octanol–water partition coefficient (Wildman–Crippen LogP) is 2.61. The summed E-state index contributed by atoms with van der Waals surface area (Å²) in [6.07, 6.45) is 5.00. The van der Waals surface area contributed by atoms with Crippen molar-refractivity contribution in [3.63, 3.8) is 0 Å². The molecule has 3 N–H and O–H groups in total. The van der Waals surface area contributed by atoms with E-state index in [-0.39, 0.29) is 5.91 Å². The Morgan fingerprint density at radius 1 is 1.40 bits per heavy atom. The second-order valence-electron chi connectivity index (χ2n) is 5.90. The number of nitrogens with zero attached hydrogens (tertiary/aromatic N) is 2. The van der Waals surface area contributed by atoms with Gasteiger partial charge in [0.15, 0.2) is 0 Å². The highest BCUT2D eigenvalue weighted by Gasteiger charge is 2.24. The van der Waals surface area contributed by atoms with Crippen molar-refractivity contribution >= 4 is 43.8 Å². The molecule has 0 spiro atoms. The minimum absolute atomic E-state index is 0.0323. The lowest BCUT2D eigenvalue weighted by molar-refractivity contribution is -0.116. The molecule has 0 atom stereocenters. The molecule has 3 aromatic rings. The summed E-state index contributed by atoms with van der Waals surface area (Å²) in [7, 11) is 1.85. The second kappa shape index (κ2) is 7.17. The molecule has 130 valence electrons. The lowest BCUT2D eigenvalue weighted by Crippen LogP contribution is -2.22. The third kappa shape index (κ3) is 3.30. The van der Waals surface area contributed by atoms with Gasteiger partial charge in [-0.15, -0.1) is 22.7 Å². The fraction of sp³-hybridized carbons (Fsp3) is 0.353. The lowest BCUT2D eigenvalue weighted by atomic mass is 10.0. The number of nitrogens with one attached hydrogen (secondary N) is 3. The Kier molecular flexibility index (Phi) is 4.76. The van der Waals surface area contributed by atoms with Crippen LogP contribution in [0.5, 0.6) is 0 Å². The van der Waals surface area contributed by atoms with Crippen molar-refractivity contribution in [1.82, 2.24) is 20.6 Å². The first-order valence-corrected chi connectivity index (χ1v) is 9.90. The van der Waals surface area contributed by atoms with E-state index in [9.17, 15) is 4.79 Å². The fourth-order valence-electron chi connectivity index (χ4n) is 2.96. The van der Waals surface area contributed by atoms with Gasteiger partial charge in [-0.1, -0.05) is 0 Å². The van der Waals surface area contributed by atoms with Crippen molar-refractivity contribution in [1.29, 1.82) is 0 Å². The molecule has 0 saturated carbocycles. The number of pyridine rings is 1. The van der Waals surface area contributed by atoms with Gasteiger partial charge >= 0.3 is 0 Å². The molecular weight excluding hydrogens is 354 g/mol. The van der Waals surface area contributed by atoms with Crippen LogP contribution in [-0.4, -0.2) is 36.0 Å². The average Bonchev–Trinajstić information content (AvgIpc) is 3.20. The summed E-state index contributed by atoms with van der Waals surface area (Å²) in [5, 5.41) is 11.4. The van der Waals surface area contributed by atoms with Gasteiger partial charge in [0.05, 0.1) is 10.9 Å². The molecule has 0 aliphatic carbocycles.